The molecule has 2 aliphatic rings. The van der Waals surface area contributed by atoms with Crippen LogP contribution in [-0.4, -0.2) is 35.1 Å². The Kier molecular flexibility index (Phi) is 3.22. The van der Waals surface area contributed by atoms with Crippen LogP contribution in [0.3, 0.4) is 0 Å². The lowest BCUT2D eigenvalue weighted by Crippen LogP contribution is -2.43. The number of aryl methyl sites for hydroxylation is 1. The second-order valence-electron chi connectivity index (χ2n) is 6.77. The van der Waals surface area contributed by atoms with Crippen LogP contribution in [0.5, 0.6) is 5.75 Å². The predicted octanol–water partition coefficient (Wildman–Crippen LogP) is 2.84. The lowest BCUT2D eigenvalue weighted by Gasteiger charge is -2.36. The SMILES string of the molecule is Cc1cc2c(=O)[nH]ccc2cc1OC1CC2CCC(C1)N2C. The Balaban J connectivity index is 1.62. The molecule has 1 aromatic carbocycles. The van der Waals surface area contributed by atoms with E-state index in [9.17, 15) is 4.79 Å². The van der Waals surface area contributed by atoms with Gasteiger partial charge in [0.25, 0.3) is 5.56 Å². The van der Waals surface area contributed by atoms with Gasteiger partial charge in [0.2, 0.25) is 0 Å². The monoisotopic (exact) mass is 298 g/mol. The van der Waals surface area contributed by atoms with Crippen LogP contribution >= 0.6 is 0 Å². The van der Waals surface area contributed by atoms with Gasteiger partial charge in [-0.25, -0.2) is 0 Å². The summed E-state index contributed by atoms with van der Waals surface area (Å²) in [7, 11) is 2.24. The normalized spacial score (nSPS) is 28.2. The van der Waals surface area contributed by atoms with Gasteiger partial charge >= 0.3 is 0 Å². The molecule has 0 amide bonds. The van der Waals surface area contributed by atoms with Gasteiger partial charge in [-0.15, -0.1) is 0 Å². The molecule has 4 heteroatoms. The molecule has 4 rings (SSSR count). The molecule has 2 aliphatic heterocycles. The van der Waals surface area contributed by atoms with Crippen LogP contribution in [0.4, 0.5) is 0 Å². The number of hydrogen-bond donors (Lipinski definition) is 1. The number of benzene rings is 1. The van der Waals surface area contributed by atoms with E-state index in [-0.39, 0.29) is 5.56 Å². The summed E-state index contributed by atoms with van der Waals surface area (Å²) in [5.41, 5.74) is 1.000. The van der Waals surface area contributed by atoms with Gasteiger partial charge in [0.05, 0.1) is 0 Å². The number of nitrogens with zero attached hydrogens (tertiary/aromatic N) is 1. The van der Waals surface area contributed by atoms with Crippen molar-refractivity contribution in [1.82, 2.24) is 9.88 Å². The van der Waals surface area contributed by atoms with Gasteiger partial charge in [0, 0.05) is 23.7 Å². The maximum absolute atomic E-state index is 11.9. The number of nitrogens with one attached hydrogen (secondary N) is 1. The fourth-order valence-corrected chi connectivity index (χ4v) is 4.09. The maximum atomic E-state index is 11.9. The summed E-state index contributed by atoms with van der Waals surface area (Å²) < 4.78 is 6.32. The molecule has 2 unspecified atom stereocenters. The van der Waals surface area contributed by atoms with Crippen LogP contribution in [-0.2, 0) is 0 Å². The van der Waals surface area contributed by atoms with Crippen molar-refractivity contribution in [2.24, 2.45) is 0 Å². The standard InChI is InChI=1S/C18H22N2O2/c1-11-7-16-12(5-6-19-18(16)21)8-17(11)22-15-9-13-3-4-14(10-15)20(13)2/h5-8,13-15H,3-4,9-10H2,1-2H3,(H,19,21). The van der Waals surface area contributed by atoms with Crippen molar-refractivity contribution in [3.05, 3.63) is 40.3 Å². The topological polar surface area (TPSA) is 45.3 Å². The highest BCUT2D eigenvalue weighted by Gasteiger charge is 2.39. The van der Waals surface area contributed by atoms with Crippen molar-refractivity contribution in [2.45, 2.75) is 50.8 Å². The molecule has 1 N–H and O–H groups in total. The third-order valence-electron chi connectivity index (χ3n) is 5.42. The van der Waals surface area contributed by atoms with E-state index in [1.807, 2.05) is 25.1 Å². The van der Waals surface area contributed by atoms with E-state index in [0.717, 1.165) is 34.9 Å². The van der Waals surface area contributed by atoms with Crippen LogP contribution in [0, 0.1) is 6.92 Å². The second-order valence-corrected chi connectivity index (χ2v) is 6.77. The fraction of sp³-hybridized carbons (Fsp3) is 0.500. The zero-order chi connectivity index (χ0) is 15.3. The molecule has 0 radical (unpaired) electrons. The van der Waals surface area contributed by atoms with Crippen molar-refractivity contribution in [3.8, 4) is 5.75 Å². The van der Waals surface area contributed by atoms with Gasteiger partial charge in [0.1, 0.15) is 11.9 Å². The van der Waals surface area contributed by atoms with Crippen LogP contribution in [0.15, 0.2) is 29.2 Å². The molecule has 2 fully saturated rings. The minimum atomic E-state index is -0.0375. The Labute approximate surface area is 130 Å². The highest BCUT2D eigenvalue weighted by molar-refractivity contribution is 5.83. The molecule has 3 heterocycles. The number of aromatic nitrogens is 1. The Morgan fingerprint density at radius 3 is 2.68 bits per heavy atom. The molecular formula is C18H22N2O2. The van der Waals surface area contributed by atoms with Gasteiger partial charge < -0.3 is 14.6 Å². The number of ether oxygens (including phenoxy) is 1. The minimum absolute atomic E-state index is 0.0375. The van der Waals surface area contributed by atoms with E-state index in [1.165, 1.54) is 12.8 Å². The van der Waals surface area contributed by atoms with Crippen molar-refractivity contribution in [1.29, 1.82) is 0 Å². The van der Waals surface area contributed by atoms with Crippen molar-refractivity contribution >= 4 is 10.8 Å². The molecule has 2 bridgehead atoms. The third kappa shape index (κ3) is 2.22. The van der Waals surface area contributed by atoms with Crippen LogP contribution in [0.25, 0.3) is 10.8 Å². The van der Waals surface area contributed by atoms with Crippen molar-refractivity contribution in [2.75, 3.05) is 7.05 Å². The summed E-state index contributed by atoms with van der Waals surface area (Å²) in [6.07, 6.45) is 6.81. The zero-order valence-corrected chi connectivity index (χ0v) is 13.1. The van der Waals surface area contributed by atoms with Gasteiger partial charge in [0.15, 0.2) is 0 Å². The van der Waals surface area contributed by atoms with E-state index in [4.69, 9.17) is 4.74 Å². The summed E-state index contributed by atoms with van der Waals surface area (Å²) in [6.45, 7) is 2.02. The molecule has 2 aromatic rings. The molecule has 0 aliphatic carbocycles. The quantitative estimate of drug-likeness (QED) is 0.927. The first-order valence-electron chi connectivity index (χ1n) is 8.12. The number of fused-ring (bicyclic) bond motifs is 3. The van der Waals surface area contributed by atoms with E-state index in [0.29, 0.717) is 18.2 Å². The molecule has 2 atom stereocenters. The Hall–Kier alpha value is -1.81. The Bertz CT molecular complexity index is 753. The predicted molar refractivity (Wildman–Crippen MR) is 87.5 cm³/mol. The zero-order valence-electron chi connectivity index (χ0n) is 13.1. The van der Waals surface area contributed by atoms with Gasteiger partial charge in [-0.3, -0.25) is 4.79 Å². The Morgan fingerprint density at radius 2 is 1.95 bits per heavy atom. The lowest BCUT2D eigenvalue weighted by atomic mass is 10.00. The van der Waals surface area contributed by atoms with Crippen LogP contribution in [0.1, 0.15) is 31.2 Å². The molecule has 0 saturated carbocycles. The van der Waals surface area contributed by atoms with Gasteiger partial charge in [-0.05, 0) is 68.8 Å². The number of pyridine rings is 1. The summed E-state index contributed by atoms with van der Waals surface area (Å²) >= 11 is 0. The first kappa shape index (κ1) is 13.8. The molecule has 4 nitrogen and oxygen atoms in total. The first-order valence-corrected chi connectivity index (χ1v) is 8.12. The minimum Gasteiger partial charge on any atom is -0.490 e. The number of hydrogen-bond acceptors (Lipinski definition) is 3. The number of rotatable bonds is 2. The van der Waals surface area contributed by atoms with E-state index in [2.05, 4.69) is 16.9 Å². The number of piperidine rings is 1. The Morgan fingerprint density at radius 1 is 1.23 bits per heavy atom. The second kappa shape index (κ2) is 5.13. The number of aromatic amines is 1. The van der Waals surface area contributed by atoms with Crippen LogP contribution in [0.2, 0.25) is 0 Å². The summed E-state index contributed by atoms with van der Waals surface area (Å²) in [5, 5.41) is 1.68. The largest absolute Gasteiger partial charge is 0.490 e. The average molecular weight is 298 g/mol. The van der Waals surface area contributed by atoms with E-state index < -0.39 is 0 Å². The summed E-state index contributed by atoms with van der Waals surface area (Å²) in [6, 6.07) is 7.23. The summed E-state index contributed by atoms with van der Waals surface area (Å²) in [4.78, 5) is 17.1. The molecular weight excluding hydrogens is 276 g/mol. The lowest BCUT2D eigenvalue weighted by molar-refractivity contribution is 0.0658. The average Bonchev–Trinajstić information content (AvgIpc) is 2.72. The first-order chi connectivity index (χ1) is 10.6. The highest BCUT2D eigenvalue weighted by atomic mass is 16.5. The van der Waals surface area contributed by atoms with E-state index >= 15 is 0 Å². The number of H-pyrrole nitrogens is 1. The summed E-state index contributed by atoms with van der Waals surface area (Å²) in [5.74, 6) is 0.923. The highest BCUT2D eigenvalue weighted by Crippen LogP contribution is 2.36. The molecule has 0 spiro atoms. The third-order valence-corrected chi connectivity index (χ3v) is 5.42. The molecule has 1 aromatic heterocycles. The van der Waals surface area contributed by atoms with Crippen molar-refractivity contribution in [3.63, 3.8) is 0 Å². The van der Waals surface area contributed by atoms with Gasteiger partial charge in [-0.2, -0.15) is 0 Å². The van der Waals surface area contributed by atoms with E-state index in [1.54, 1.807) is 6.20 Å². The maximum Gasteiger partial charge on any atom is 0.255 e. The van der Waals surface area contributed by atoms with Crippen LogP contribution < -0.4 is 10.3 Å². The smallest absolute Gasteiger partial charge is 0.255 e. The van der Waals surface area contributed by atoms with Crippen molar-refractivity contribution < 1.29 is 4.74 Å². The fourth-order valence-electron chi connectivity index (χ4n) is 4.09. The van der Waals surface area contributed by atoms with Gasteiger partial charge in [-0.1, -0.05) is 0 Å². The molecule has 116 valence electrons. The molecule has 2 saturated heterocycles. The molecule has 22 heavy (non-hydrogen) atoms.